The minimum atomic E-state index is 0.283. The van der Waals surface area contributed by atoms with E-state index in [1.807, 2.05) is 16.7 Å². The molecule has 16 heavy (non-hydrogen) atoms. The summed E-state index contributed by atoms with van der Waals surface area (Å²) < 4.78 is 1.97. The zero-order valence-corrected chi connectivity index (χ0v) is 9.06. The number of aromatic nitrogens is 2. The number of imidazole rings is 1. The van der Waals surface area contributed by atoms with Crippen LogP contribution in [0.1, 0.15) is 18.7 Å². The number of aromatic hydroxyl groups is 1. The van der Waals surface area contributed by atoms with Gasteiger partial charge in [0.15, 0.2) is 0 Å². The highest BCUT2D eigenvalue weighted by Gasteiger charge is 2.16. The van der Waals surface area contributed by atoms with Gasteiger partial charge in [0.25, 0.3) is 0 Å². The molecule has 1 unspecified atom stereocenters. The van der Waals surface area contributed by atoms with E-state index in [0.29, 0.717) is 6.04 Å². The SMILES string of the molecule is Oc1ccc2cnc(CC3CCCN3)n2c1. The molecule has 0 spiro atoms. The minimum absolute atomic E-state index is 0.283. The lowest BCUT2D eigenvalue weighted by Gasteiger charge is -2.08. The van der Waals surface area contributed by atoms with Crippen LogP contribution in [0, 0.1) is 0 Å². The molecule has 1 fully saturated rings. The van der Waals surface area contributed by atoms with E-state index in [0.717, 1.165) is 24.3 Å². The molecule has 1 saturated heterocycles. The molecule has 1 atom stereocenters. The molecule has 0 bridgehead atoms. The van der Waals surface area contributed by atoms with Gasteiger partial charge in [0.2, 0.25) is 0 Å². The molecule has 0 aliphatic carbocycles. The lowest BCUT2D eigenvalue weighted by Crippen LogP contribution is -2.24. The summed E-state index contributed by atoms with van der Waals surface area (Å²) in [6, 6.07) is 4.11. The quantitative estimate of drug-likeness (QED) is 0.798. The van der Waals surface area contributed by atoms with Gasteiger partial charge in [-0.1, -0.05) is 0 Å². The van der Waals surface area contributed by atoms with Crippen molar-refractivity contribution in [2.24, 2.45) is 0 Å². The Hall–Kier alpha value is -1.55. The molecule has 2 N–H and O–H groups in total. The second kappa shape index (κ2) is 3.79. The van der Waals surface area contributed by atoms with Crippen LogP contribution in [0.5, 0.6) is 5.75 Å². The fraction of sp³-hybridized carbons (Fsp3) is 0.417. The van der Waals surface area contributed by atoms with Crippen LogP contribution < -0.4 is 5.32 Å². The monoisotopic (exact) mass is 217 g/mol. The third-order valence-electron chi connectivity index (χ3n) is 3.18. The molecule has 4 nitrogen and oxygen atoms in total. The van der Waals surface area contributed by atoms with Crippen LogP contribution in [0.15, 0.2) is 24.5 Å². The van der Waals surface area contributed by atoms with Crippen LogP contribution in [-0.2, 0) is 6.42 Å². The summed E-state index contributed by atoms with van der Waals surface area (Å²) in [5.74, 6) is 1.30. The molecule has 3 rings (SSSR count). The normalized spacial score (nSPS) is 20.6. The molecular weight excluding hydrogens is 202 g/mol. The maximum Gasteiger partial charge on any atom is 0.132 e. The van der Waals surface area contributed by atoms with Gasteiger partial charge in [-0.25, -0.2) is 4.98 Å². The van der Waals surface area contributed by atoms with E-state index in [9.17, 15) is 5.11 Å². The second-order valence-corrected chi connectivity index (χ2v) is 4.35. The fourth-order valence-electron chi connectivity index (χ4n) is 2.33. The van der Waals surface area contributed by atoms with Gasteiger partial charge in [-0.3, -0.25) is 4.40 Å². The summed E-state index contributed by atoms with van der Waals surface area (Å²) in [7, 11) is 0. The van der Waals surface area contributed by atoms with Crippen molar-refractivity contribution < 1.29 is 5.11 Å². The number of hydrogen-bond donors (Lipinski definition) is 2. The number of pyridine rings is 1. The van der Waals surface area contributed by atoms with Crippen molar-refractivity contribution in [2.45, 2.75) is 25.3 Å². The van der Waals surface area contributed by atoms with Gasteiger partial charge in [0.1, 0.15) is 11.6 Å². The van der Waals surface area contributed by atoms with E-state index in [1.54, 1.807) is 12.3 Å². The average molecular weight is 217 g/mol. The Balaban J connectivity index is 1.93. The van der Waals surface area contributed by atoms with E-state index < -0.39 is 0 Å². The lowest BCUT2D eigenvalue weighted by atomic mass is 10.1. The van der Waals surface area contributed by atoms with Gasteiger partial charge in [0, 0.05) is 12.5 Å². The van der Waals surface area contributed by atoms with Crippen LogP contribution in [0.4, 0.5) is 0 Å². The van der Waals surface area contributed by atoms with Crippen molar-refractivity contribution in [1.82, 2.24) is 14.7 Å². The summed E-state index contributed by atoms with van der Waals surface area (Å²) in [5.41, 5.74) is 1.03. The molecule has 2 aromatic rings. The van der Waals surface area contributed by atoms with Crippen molar-refractivity contribution in [3.8, 4) is 5.75 Å². The Kier molecular flexibility index (Phi) is 2.29. The molecule has 1 aliphatic rings. The van der Waals surface area contributed by atoms with Crippen LogP contribution in [0.25, 0.3) is 5.52 Å². The van der Waals surface area contributed by atoms with Crippen molar-refractivity contribution in [1.29, 1.82) is 0 Å². The first-order valence-corrected chi connectivity index (χ1v) is 5.71. The molecule has 0 saturated carbocycles. The van der Waals surface area contributed by atoms with Gasteiger partial charge in [-0.15, -0.1) is 0 Å². The topological polar surface area (TPSA) is 49.6 Å². The molecule has 0 radical (unpaired) electrons. The fourth-order valence-corrected chi connectivity index (χ4v) is 2.33. The predicted octanol–water partition coefficient (Wildman–Crippen LogP) is 1.33. The zero-order valence-electron chi connectivity index (χ0n) is 9.06. The summed E-state index contributed by atoms with van der Waals surface area (Å²) in [5, 5.41) is 12.9. The predicted molar refractivity (Wildman–Crippen MR) is 61.6 cm³/mol. The van der Waals surface area contributed by atoms with Gasteiger partial charge in [-0.05, 0) is 31.5 Å². The summed E-state index contributed by atoms with van der Waals surface area (Å²) in [6.45, 7) is 1.11. The Morgan fingerprint density at radius 1 is 1.50 bits per heavy atom. The van der Waals surface area contributed by atoms with E-state index >= 15 is 0 Å². The number of rotatable bonds is 2. The molecule has 3 heterocycles. The smallest absolute Gasteiger partial charge is 0.132 e. The Morgan fingerprint density at radius 3 is 3.25 bits per heavy atom. The van der Waals surface area contributed by atoms with Crippen LogP contribution in [0.2, 0.25) is 0 Å². The van der Waals surface area contributed by atoms with E-state index in [4.69, 9.17) is 0 Å². The number of hydrogen-bond acceptors (Lipinski definition) is 3. The van der Waals surface area contributed by atoms with Crippen molar-refractivity contribution in [3.63, 3.8) is 0 Å². The molecule has 1 aliphatic heterocycles. The highest BCUT2D eigenvalue weighted by Crippen LogP contribution is 2.16. The van der Waals surface area contributed by atoms with Crippen molar-refractivity contribution in [2.75, 3.05) is 6.54 Å². The number of fused-ring (bicyclic) bond motifs is 1. The molecule has 0 amide bonds. The largest absolute Gasteiger partial charge is 0.506 e. The first-order chi connectivity index (χ1) is 7.83. The molecule has 2 aromatic heterocycles. The van der Waals surface area contributed by atoms with Gasteiger partial charge in [0.05, 0.1) is 17.9 Å². The third kappa shape index (κ3) is 1.65. The number of nitrogens with one attached hydrogen (secondary N) is 1. The first kappa shape index (κ1) is 9.66. The van der Waals surface area contributed by atoms with Crippen LogP contribution in [0.3, 0.4) is 0 Å². The maximum atomic E-state index is 9.47. The summed E-state index contributed by atoms with van der Waals surface area (Å²) >= 11 is 0. The van der Waals surface area contributed by atoms with Crippen molar-refractivity contribution in [3.05, 3.63) is 30.4 Å². The Bertz CT molecular complexity index is 500. The van der Waals surface area contributed by atoms with E-state index in [-0.39, 0.29) is 5.75 Å². The summed E-state index contributed by atoms with van der Waals surface area (Å²) in [4.78, 5) is 4.41. The highest BCUT2D eigenvalue weighted by molar-refractivity contribution is 5.48. The first-order valence-electron chi connectivity index (χ1n) is 5.71. The van der Waals surface area contributed by atoms with E-state index in [2.05, 4.69) is 10.3 Å². The zero-order chi connectivity index (χ0) is 11.0. The average Bonchev–Trinajstić information content (AvgIpc) is 2.90. The Morgan fingerprint density at radius 2 is 2.44 bits per heavy atom. The van der Waals surface area contributed by atoms with Gasteiger partial charge >= 0.3 is 0 Å². The van der Waals surface area contributed by atoms with Crippen LogP contribution >= 0.6 is 0 Å². The highest BCUT2D eigenvalue weighted by atomic mass is 16.3. The standard InChI is InChI=1S/C12H15N3O/c16-11-4-3-10-7-14-12(15(10)8-11)6-9-2-1-5-13-9/h3-4,7-9,13,16H,1-2,5-6H2. The van der Waals surface area contributed by atoms with E-state index in [1.165, 1.54) is 12.8 Å². The van der Waals surface area contributed by atoms with Crippen LogP contribution in [-0.4, -0.2) is 27.1 Å². The minimum Gasteiger partial charge on any atom is -0.506 e. The van der Waals surface area contributed by atoms with Gasteiger partial charge in [-0.2, -0.15) is 0 Å². The Labute approximate surface area is 93.9 Å². The lowest BCUT2D eigenvalue weighted by molar-refractivity contribution is 0.471. The molecule has 0 aromatic carbocycles. The molecule has 4 heteroatoms. The second-order valence-electron chi connectivity index (χ2n) is 4.35. The molecular formula is C12H15N3O. The summed E-state index contributed by atoms with van der Waals surface area (Å²) in [6.07, 6.45) is 6.97. The maximum absolute atomic E-state index is 9.47. The third-order valence-corrected chi connectivity index (χ3v) is 3.18. The molecule has 84 valence electrons. The number of nitrogens with zero attached hydrogens (tertiary/aromatic N) is 2. The van der Waals surface area contributed by atoms with Gasteiger partial charge < -0.3 is 10.4 Å². The van der Waals surface area contributed by atoms with Crippen molar-refractivity contribution >= 4 is 5.52 Å².